The highest BCUT2D eigenvalue weighted by Gasteiger charge is 2.34. The van der Waals surface area contributed by atoms with E-state index in [1.165, 1.54) is 12.1 Å². The summed E-state index contributed by atoms with van der Waals surface area (Å²) in [5.41, 5.74) is 3.60. The van der Waals surface area contributed by atoms with Crippen LogP contribution in [0.4, 0.5) is 10.1 Å². The zero-order valence-corrected chi connectivity index (χ0v) is 15.0. The lowest BCUT2D eigenvalue weighted by molar-refractivity contribution is 0.101. The van der Waals surface area contributed by atoms with Crippen molar-refractivity contribution in [3.05, 3.63) is 95.3 Å². The molecule has 0 fully saturated rings. The number of anilines is 1. The Morgan fingerprint density at radius 2 is 1.65 bits per heavy atom. The van der Waals surface area contributed by atoms with Crippen molar-refractivity contribution >= 4 is 35.1 Å². The molecule has 128 valence electrons. The molecule has 2 nitrogen and oxygen atoms in total. The second-order valence-corrected chi connectivity index (χ2v) is 6.79. The Bertz CT molecular complexity index is 1010. The zero-order valence-electron chi connectivity index (χ0n) is 14.1. The summed E-state index contributed by atoms with van der Waals surface area (Å²) in [6.45, 7) is 0. The number of benzene rings is 3. The van der Waals surface area contributed by atoms with Gasteiger partial charge in [-0.05, 0) is 48.2 Å². The minimum Gasteiger partial charge on any atom is -0.275 e. The minimum atomic E-state index is -0.351. The first-order valence-corrected chi connectivity index (χ1v) is 9.45. The van der Waals surface area contributed by atoms with Crippen molar-refractivity contribution in [2.75, 3.05) is 11.2 Å². The van der Waals surface area contributed by atoms with Gasteiger partial charge >= 0.3 is 0 Å². The van der Waals surface area contributed by atoms with E-state index in [2.05, 4.69) is 0 Å². The fourth-order valence-electron chi connectivity index (χ4n) is 3.17. The van der Waals surface area contributed by atoms with Crippen LogP contribution in [0.15, 0.2) is 77.7 Å². The quantitative estimate of drug-likeness (QED) is 0.557. The van der Waals surface area contributed by atoms with Gasteiger partial charge in [0.2, 0.25) is 0 Å². The van der Waals surface area contributed by atoms with E-state index in [1.807, 2.05) is 66.9 Å². The van der Waals surface area contributed by atoms with Crippen molar-refractivity contribution in [3.8, 4) is 0 Å². The van der Waals surface area contributed by atoms with E-state index in [4.69, 9.17) is 0 Å². The van der Waals surface area contributed by atoms with Gasteiger partial charge in [0.25, 0.3) is 5.91 Å². The lowest BCUT2D eigenvalue weighted by Crippen LogP contribution is -2.22. The summed E-state index contributed by atoms with van der Waals surface area (Å²) in [4.78, 5) is 15.8. The van der Waals surface area contributed by atoms with Crippen LogP contribution in [0, 0.1) is 5.82 Å². The fraction of sp³-hybridized carbons (Fsp3) is 0.0455. The third-order valence-electron chi connectivity index (χ3n) is 4.36. The molecule has 1 aliphatic rings. The summed E-state index contributed by atoms with van der Waals surface area (Å²) < 4.78 is 13.9. The minimum absolute atomic E-state index is 0.135. The van der Waals surface area contributed by atoms with Crippen LogP contribution in [0.25, 0.3) is 11.8 Å². The van der Waals surface area contributed by atoms with E-state index < -0.39 is 0 Å². The smallest absolute Gasteiger partial charge is 0.263 e. The molecule has 0 aliphatic carbocycles. The van der Waals surface area contributed by atoms with Crippen molar-refractivity contribution in [1.29, 1.82) is 0 Å². The molecule has 1 amide bonds. The number of amides is 1. The van der Waals surface area contributed by atoms with E-state index in [0.29, 0.717) is 16.8 Å². The number of rotatable bonds is 3. The Hall–Kier alpha value is -2.85. The van der Waals surface area contributed by atoms with Gasteiger partial charge in [0.15, 0.2) is 0 Å². The number of nitrogens with zero attached hydrogens (tertiary/aromatic N) is 1. The number of para-hydroxylation sites is 1. The molecule has 0 radical (unpaired) electrons. The molecule has 0 unspecified atom stereocenters. The van der Waals surface area contributed by atoms with E-state index in [-0.39, 0.29) is 11.7 Å². The third-order valence-corrected chi connectivity index (χ3v) is 5.15. The van der Waals surface area contributed by atoms with Crippen molar-refractivity contribution in [2.45, 2.75) is 4.90 Å². The first kappa shape index (κ1) is 16.6. The maximum absolute atomic E-state index is 13.9. The van der Waals surface area contributed by atoms with Gasteiger partial charge in [-0.2, -0.15) is 0 Å². The summed E-state index contributed by atoms with van der Waals surface area (Å²) >= 11 is 1.58. The van der Waals surface area contributed by atoms with Crippen molar-refractivity contribution < 1.29 is 9.18 Å². The Kier molecular flexibility index (Phi) is 4.35. The molecule has 4 rings (SSSR count). The maximum atomic E-state index is 13.9. The summed E-state index contributed by atoms with van der Waals surface area (Å²) in [5, 5.41) is 0. The number of hydrogen-bond donors (Lipinski definition) is 0. The molecule has 0 saturated heterocycles. The Morgan fingerprint density at radius 1 is 0.923 bits per heavy atom. The molecule has 26 heavy (non-hydrogen) atoms. The molecule has 3 aromatic rings. The summed E-state index contributed by atoms with van der Waals surface area (Å²) in [5.74, 6) is -0.487. The van der Waals surface area contributed by atoms with Crippen molar-refractivity contribution in [3.63, 3.8) is 0 Å². The predicted molar refractivity (Wildman–Crippen MR) is 106 cm³/mol. The molecule has 0 bridgehead atoms. The Labute approximate surface area is 156 Å². The molecule has 0 spiro atoms. The van der Waals surface area contributed by atoms with Crippen LogP contribution in [-0.2, 0) is 0 Å². The number of carbonyl (C=O) groups is 1. The van der Waals surface area contributed by atoms with Gasteiger partial charge in [-0.1, -0.05) is 42.5 Å². The van der Waals surface area contributed by atoms with E-state index in [0.717, 1.165) is 16.1 Å². The van der Waals surface area contributed by atoms with Gasteiger partial charge in [0, 0.05) is 16.0 Å². The van der Waals surface area contributed by atoms with Crippen LogP contribution in [0.2, 0.25) is 0 Å². The number of carbonyl (C=O) groups excluding carboxylic acids is 1. The fourth-order valence-corrected chi connectivity index (χ4v) is 3.75. The van der Waals surface area contributed by atoms with Crippen molar-refractivity contribution in [1.82, 2.24) is 0 Å². The van der Waals surface area contributed by atoms with Crippen molar-refractivity contribution in [2.24, 2.45) is 0 Å². The molecule has 1 heterocycles. The molecular formula is C22H16FNOS. The van der Waals surface area contributed by atoms with Crippen LogP contribution < -0.4 is 4.90 Å². The lowest BCUT2D eigenvalue weighted by atomic mass is 10.1. The van der Waals surface area contributed by atoms with Crippen LogP contribution in [0.3, 0.4) is 0 Å². The molecule has 1 aliphatic heterocycles. The second kappa shape index (κ2) is 6.81. The van der Waals surface area contributed by atoms with Gasteiger partial charge in [-0.3, -0.25) is 9.69 Å². The molecule has 0 N–H and O–H groups in total. The SMILES string of the molecule is CSc1ccccc1N1C(=O)c2ccc(F)cc2C1=Cc1ccccc1. The zero-order chi connectivity index (χ0) is 18.1. The number of halogens is 1. The third kappa shape index (κ3) is 2.82. The average Bonchev–Trinajstić information content (AvgIpc) is 2.93. The van der Waals surface area contributed by atoms with Crippen LogP contribution in [-0.4, -0.2) is 12.2 Å². The molecular weight excluding hydrogens is 345 g/mol. The predicted octanol–water partition coefficient (Wildman–Crippen LogP) is 5.71. The monoisotopic (exact) mass is 361 g/mol. The second-order valence-electron chi connectivity index (χ2n) is 5.94. The van der Waals surface area contributed by atoms with Gasteiger partial charge in [0.05, 0.1) is 11.4 Å². The largest absolute Gasteiger partial charge is 0.275 e. The van der Waals surface area contributed by atoms with Gasteiger partial charge < -0.3 is 0 Å². The number of fused-ring (bicyclic) bond motifs is 1. The first-order valence-electron chi connectivity index (χ1n) is 8.23. The van der Waals surface area contributed by atoms with Gasteiger partial charge in [-0.25, -0.2) is 4.39 Å². The topological polar surface area (TPSA) is 20.3 Å². The van der Waals surface area contributed by atoms with Crippen LogP contribution >= 0.6 is 11.8 Å². The van der Waals surface area contributed by atoms with Gasteiger partial charge in [-0.15, -0.1) is 11.8 Å². The summed E-state index contributed by atoms with van der Waals surface area (Å²) in [6, 6.07) is 21.8. The highest BCUT2D eigenvalue weighted by molar-refractivity contribution is 7.98. The van der Waals surface area contributed by atoms with E-state index in [1.54, 1.807) is 22.7 Å². The molecule has 0 saturated carbocycles. The normalized spacial score (nSPS) is 14.8. The molecule has 0 aromatic heterocycles. The Balaban J connectivity index is 1.95. The Morgan fingerprint density at radius 3 is 2.42 bits per heavy atom. The highest BCUT2D eigenvalue weighted by Crippen LogP contribution is 2.41. The number of thioether (sulfide) groups is 1. The lowest BCUT2D eigenvalue weighted by Gasteiger charge is -2.21. The standard InChI is InChI=1S/C22H16FNOS/c1-26-21-10-6-5-9-19(21)24-20(13-15-7-3-2-4-8-15)18-14-16(23)11-12-17(18)22(24)25/h2-14H,1H3. The average molecular weight is 361 g/mol. The molecule has 3 aromatic carbocycles. The summed E-state index contributed by atoms with van der Waals surface area (Å²) in [7, 11) is 0. The van der Waals surface area contributed by atoms with E-state index >= 15 is 0 Å². The molecule has 0 atom stereocenters. The molecule has 4 heteroatoms. The van der Waals surface area contributed by atoms with Crippen LogP contribution in [0.1, 0.15) is 21.5 Å². The number of hydrogen-bond acceptors (Lipinski definition) is 2. The summed E-state index contributed by atoms with van der Waals surface area (Å²) in [6.07, 6.45) is 3.91. The van der Waals surface area contributed by atoms with E-state index in [9.17, 15) is 9.18 Å². The maximum Gasteiger partial charge on any atom is 0.263 e. The first-order chi connectivity index (χ1) is 12.7. The highest BCUT2D eigenvalue weighted by atomic mass is 32.2. The van der Waals surface area contributed by atoms with Crippen LogP contribution in [0.5, 0.6) is 0 Å². The van der Waals surface area contributed by atoms with Gasteiger partial charge in [0.1, 0.15) is 5.82 Å².